The third-order valence-electron chi connectivity index (χ3n) is 2.69. The van der Waals surface area contributed by atoms with Crippen molar-refractivity contribution in [3.8, 4) is 6.07 Å². The van der Waals surface area contributed by atoms with Gasteiger partial charge in [-0.3, -0.25) is 4.21 Å². The first-order chi connectivity index (χ1) is 8.27. The van der Waals surface area contributed by atoms with Crippen molar-refractivity contribution in [1.29, 1.82) is 5.26 Å². The van der Waals surface area contributed by atoms with E-state index in [1.165, 1.54) is 0 Å². The lowest BCUT2D eigenvalue weighted by molar-refractivity contribution is 0.673. The maximum absolute atomic E-state index is 11.8. The molecule has 0 spiro atoms. The molecule has 0 heterocycles. The predicted octanol–water partition coefficient (Wildman–Crippen LogP) is 3.23. The molecule has 0 amide bonds. The van der Waals surface area contributed by atoms with E-state index in [4.69, 9.17) is 5.26 Å². The van der Waals surface area contributed by atoms with Crippen LogP contribution in [0.1, 0.15) is 37.7 Å². The summed E-state index contributed by atoms with van der Waals surface area (Å²) in [5.41, 5.74) is 0.971. The molecule has 0 N–H and O–H groups in total. The lowest BCUT2D eigenvalue weighted by atomic mass is 10.0. The number of nitrogens with zero attached hydrogens (tertiary/aromatic N) is 1. The first-order valence-electron chi connectivity index (χ1n) is 6.07. The van der Waals surface area contributed by atoms with Gasteiger partial charge in [-0.2, -0.15) is 5.26 Å². The molecular formula is C14H19NOS. The molecule has 0 aliphatic rings. The van der Waals surface area contributed by atoms with Gasteiger partial charge in [0.15, 0.2) is 0 Å². The molecule has 1 rings (SSSR count). The van der Waals surface area contributed by atoms with Gasteiger partial charge in [0.05, 0.1) is 12.0 Å². The van der Waals surface area contributed by atoms with E-state index in [-0.39, 0.29) is 5.92 Å². The first-order valence-corrected chi connectivity index (χ1v) is 7.56. The van der Waals surface area contributed by atoms with Crippen LogP contribution in [-0.2, 0) is 10.8 Å². The highest BCUT2D eigenvalue weighted by atomic mass is 32.2. The average molecular weight is 249 g/mol. The van der Waals surface area contributed by atoms with Crippen LogP contribution in [0.2, 0.25) is 0 Å². The molecule has 0 saturated carbocycles. The van der Waals surface area contributed by atoms with Crippen LogP contribution in [0.3, 0.4) is 0 Å². The number of hydrogen-bond acceptors (Lipinski definition) is 2. The largest absolute Gasteiger partial charge is 0.260 e. The summed E-state index contributed by atoms with van der Waals surface area (Å²) in [6.45, 7) is 2.13. The zero-order chi connectivity index (χ0) is 12.5. The van der Waals surface area contributed by atoms with Gasteiger partial charge in [-0.1, -0.05) is 50.1 Å². The Bertz CT molecular complexity index is 383. The van der Waals surface area contributed by atoms with Crippen molar-refractivity contribution in [3.63, 3.8) is 0 Å². The van der Waals surface area contributed by atoms with Gasteiger partial charge in [-0.15, -0.1) is 0 Å². The summed E-state index contributed by atoms with van der Waals surface area (Å²) >= 11 is 0. The summed E-state index contributed by atoms with van der Waals surface area (Å²) in [5.74, 6) is 0.946. The van der Waals surface area contributed by atoms with Gasteiger partial charge < -0.3 is 0 Å². The van der Waals surface area contributed by atoms with Gasteiger partial charge in [0, 0.05) is 22.3 Å². The number of nitriles is 1. The third kappa shape index (κ3) is 5.14. The molecule has 0 radical (unpaired) electrons. The van der Waals surface area contributed by atoms with Crippen LogP contribution in [0, 0.1) is 11.3 Å². The second-order valence-electron chi connectivity index (χ2n) is 4.11. The van der Waals surface area contributed by atoms with Crippen LogP contribution in [-0.4, -0.2) is 15.7 Å². The zero-order valence-electron chi connectivity index (χ0n) is 10.3. The summed E-state index contributed by atoms with van der Waals surface area (Å²) in [6, 6.07) is 11.9. The van der Waals surface area contributed by atoms with Gasteiger partial charge in [0.2, 0.25) is 0 Å². The third-order valence-corrected chi connectivity index (χ3v) is 4.14. The maximum atomic E-state index is 11.8. The molecule has 2 atom stereocenters. The van der Waals surface area contributed by atoms with Crippen LogP contribution in [0.5, 0.6) is 0 Å². The smallest absolute Gasteiger partial charge is 0.0827 e. The summed E-state index contributed by atoms with van der Waals surface area (Å²) in [5, 5.41) is 9.12. The van der Waals surface area contributed by atoms with E-state index >= 15 is 0 Å². The fraction of sp³-hybridized carbons (Fsp3) is 0.500. The van der Waals surface area contributed by atoms with Crippen LogP contribution in [0.4, 0.5) is 0 Å². The molecule has 1 aromatic carbocycles. The summed E-state index contributed by atoms with van der Waals surface area (Å²) < 4.78 is 11.8. The van der Waals surface area contributed by atoms with Crippen LogP contribution in [0.15, 0.2) is 30.3 Å². The standard InChI is InChI=1S/C14H19NOS/c1-2-3-7-10-17(16)12-14(11-15)13-8-5-4-6-9-13/h4-6,8-9,14H,2-3,7,10,12H2,1H3. The Kier molecular flexibility index (Phi) is 6.57. The van der Waals surface area contributed by atoms with E-state index in [9.17, 15) is 4.21 Å². The van der Waals surface area contributed by atoms with Crippen LogP contribution < -0.4 is 0 Å². The summed E-state index contributed by atoms with van der Waals surface area (Å²) in [6.07, 6.45) is 3.25. The average Bonchev–Trinajstić information content (AvgIpc) is 2.37. The van der Waals surface area contributed by atoms with Crippen LogP contribution in [0.25, 0.3) is 0 Å². The zero-order valence-corrected chi connectivity index (χ0v) is 11.1. The van der Waals surface area contributed by atoms with Gasteiger partial charge in [-0.25, -0.2) is 0 Å². The van der Waals surface area contributed by atoms with Gasteiger partial charge >= 0.3 is 0 Å². The predicted molar refractivity (Wildman–Crippen MR) is 72.2 cm³/mol. The van der Waals surface area contributed by atoms with E-state index in [1.807, 2.05) is 30.3 Å². The first kappa shape index (κ1) is 13.9. The molecule has 2 unspecified atom stereocenters. The Labute approximate surface area is 106 Å². The highest BCUT2D eigenvalue weighted by Gasteiger charge is 2.13. The molecule has 3 heteroatoms. The second kappa shape index (κ2) is 8.03. The minimum Gasteiger partial charge on any atom is -0.260 e. The van der Waals surface area contributed by atoms with E-state index in [1.54, 1.807) is 0 Å². The second-order valence-corrected chi connectivity index (χ2v) is 5.73. The van der Waals surface area contributed by atoms with Gasteiger partial charge in [-0.05, 0) is 12.0 Å². The highest BCUT2D eigenvalue weighted by Crippen LogP contribution is 2.16. The summed E-state index contributed by atoms with van der Waals surface area (Å²) in [4.78, 5) is 0. The number of rotatable bonds is 7. The highest BCUT2D eigenvalue weighted by molar-refractivity contribution is 7.85. The molecule has 2 nitrogen and oxygen atoms in total. The Morgan fingerprint density at radius 2 is 2.00 bits per heavy atom. The Hall–Kier alpha value is -1.14. The topological polar surface area (TPSA) is 40.9 Å². The fourth-order valence-electron chi connectivity index (χ4n) is 1.68. The van der Waals surface area contributed by atoms with Crippen molar-refractivity contribution in [2.24, 2.45) is 0 Å². The van der Waals surface area contributed by atoms with E-state index in [2.05, 4.69) is 13.0 Å². The Balaban J connectivity index is 2.48. The van der Waals surface area contributed by atoms with Crippen molar-refractivity contribution in [3.05, 3.63) is 35.9 Å². The monoisotopic (exact) mass is 249 g/mol. The van der Waals surface area contributed by atoms with E-state index < -0.39 is 10.8 Å². The van der Waals surface area contributed by atoms with E-state index in [0.717, 1.165) is 30.6 Å². The number of unbranched alkanes of at least 4 members (excludes halogenated alkanes) is 2. The van der Waals surface area contributed by atoms with Crippen molar-refractivity contribution < 1.29 is 4.21 Å². The van der Waals surface area contributed by atoms with Crippen LogP contribution >= 0.6 is 0 Å². The molecule has 92 valence electrons. The molecule has 0 fully saturated rings. The molecule has 0 saturated heterocycles. The van der Waals surface area contributed by atoms with E-state index in [0.29, 0.717) is 5.75 Å². The minimum absolute atomic E-state index is 0.237. The molecule has 0 aliphatic heterocycles. The van der Waals surface area contributed by atoms with Crippen molar-refractivity contribution in [1.82, 2.24) is 0 Å². The molecule has 17 heavy (non-hydrogen) atoms. The Morgan fingerprint density at radius 1 is 1.29 bits per heavy atom. The lowest BCUT2D eigenvalue weighted by Crippen LogP contribution is -2.10. The van der Waals surface area contributed by atoms with Crippen molar-refractivity contribution in [2.45, 2.75) is 32.1 Å². The molecule has 0 aromatic heterocycles. The van der Waals surface area contributed by atoms with Crippen molar-refractivity contribution >= 4 is 10.8 Å². The SMILES string of the molecule is CCCCCS(=O)CC(C#N)c1ccccc1. The molecule has 0 bridgehead atoms. The van der Waals surface area contributed by atoms with Gasteiger partial charge in [0.25, 0.3) is 0 Å². The van der Waals surface area contributed by atoms with Crippen molar-refractivity contribution in [2.75, 3.05) is 11.5 Å². The maximum Gasteiger partial charge on any atom is 0.0827 e. The number of hydrogen-bond donors (Lipinski definition) is 0. The minimum atomic E-state index is -0.874. The lowest BCUT2D eigenvalue weighted by Gasteiger charge is -2.08. The molecule has 0 aliphatic carbocycles. The quantitative estimate of drug-likeness (QED) is 0.696. The fourth-order valence-corrected chi connectivity index (χ4v) is 3.01. The normalized spacial score (nSPS) is 13.9. The number of benzene rings is 1. The summed E-state index contributed by atoms with van der Waals surface area (Å²) in [7, 11) is -0.874. The van der Waals surface area contributed by atoms with Gasteiger partial charge in [0.1, 0.15) is 0 Å². The molecule has 1 aromatic rings. The molecular weight excluding hydrogens is 230 g/mol. The Morgan fingerprint density at radius 3 is 2.59 bits per heavy atom.